The van der Waals surface area contributed by atoms with Gasteiger partial charge >= 0.3 is 0 Å². The maximum absolute atomic E-state index is 3.65. The quantitative estimate of drug-likeness (QED) is 0.743. The molecule has 1 aromatic carbocycles. The fourth-order valence-corrected chi connectivity index (χ4v) is 3.41. The lowest BCUT2D eigenvalue weighted by Gasteiger charge is -2.20. The lowest BCUT2D eigenvalue weighted by Crippen LogP contribution is -2.20. The van der Waals surface area contributed by atoms with Gasteiger partial charge in [-0.05, 0) is 73.8 Å². The number of rotatable bonds is 7. The monoisotopic (exact) mass is 277 g/mol. The Morgan fingerprint density at radius 1 is 1.21 bits per heavy atom. The second-order valence-electron chi connectivity index (χ2n) is 5.46. The molecule has 1 atom stereocenters. The van der Waals surface area contributed by atoms with E-state index in [1.807, 2.05) is 11.8 Å². The van der Waals surface area contributed by atoms with Gasteiger partial charge in [-0.1, -0.05) is 25.1 Å². The van der Waals surface area contributed by atoms with E-state index < -0.39 is 0 Å². The lowest BCUT2D eigenvalue weighted by molar-refractivity contribution is 0.570. The molecule has 2 heteroatoms. The predicted molar refractivity (Wildman–Crippen MR) is 87.1 cm³/mol. The van der Waals surface area contributed by atoms with Gasteiger partial charge in [0.2, 0.25) is 0 Å². The topological polar surface area (TPSA) is 12.0 Å². The molecule has 0 bridgehead atoms. The first-order chi connectivity index (χ1) is 9.31. The van der Waals surface area contributed by atoms with E-state index >= 15 is 0 Å². The van der Waals surface area contributed by atoms with Gasteiger partial charge in [0, 0.05) is 6.04 Å². The molecule has 0 radical (unpaired) electrons. The van der Waals surface area contributed by atoms with Crippen molar-refractivity contribution in [3.63, 3.8) is 0 Å². The van der Waals surface area contributed by atoms with Gasteiger partial charge in [0.1, 0.15) is 0 Å². The summed E-state index contributed by atoms with van der Waals surface area (Å²) in [5.41, 5.74) is 4.64. The van der Waals surface area contributed by atoms with Gasteiger partial charge in [-0.3, -0.25) is 0 Å². The minimum absolute atomic E-state index is 0.485. The van der Waals surface area contributed by atoms with Gasteiger partial charge < -0.3 is 5.32 Å². The minimum atomic E-state index is 0.485. The number of benzene rings is 1. The molecule has 0 aromatic heterocycles. The van der Waals surface area contributed by atoms with Crippen molar-refractivity contribution in [3.8, 4) is 0 Å². The SMILES string of the molecule is CCSCCCNC(C)c1ccc2c(c1)CCCC2. The molecule has 0 amide bonds. The van der Waals surface area contributed by atoms with Crippen molar-refractivity contribution in [2.24, 2.45) is 0 Å². The van der Waals surface area contributed by atoms with Crippen LogP contribution in [0.2, 0.25) is 0 Å². The predicted octanol–water partition coefficient (Wildman–Crippen LogP) is 4.36. The molecule has 1 aliphatic rings. The Hall–Kier alpha value is -0.470. The fraction of sp³-hybridized carbons (Fsp3) is 0.647. The highest BCUT2D eigenvalue weighted by atomic mass is 32.2. The van der Waals surface area contributed by atoms with Crippen LogP contribution in [0.25, 0.3) is 0 Å². The molecule has 19 heavy (non-hydrogen) atoms. The summed E-state index contributed by atoms with van der Waals surface area (Å²) in [6, 6.07) is 7.60. The van der Waals surface area contributed by atoms with Crippen molar-refractivity contribution < 1.29 is 0 Å². The third kappa shape index (κ3) is 4.54. The second-order valence-corrected chi connectivity index (χ2v) is 6.86. The molecule has 2 rings (SSSR count). The van der Waals surface area contributed by atoms with Crippen LogP contribution < -0.4 is 5.32 Å². The van der Waals surface area contributed by atoms with Gasteiger partial charge in [-0.25, -0.2) is 0 Å². The zero-order chi connectivity index (χ0) is 13.5. The maximum atomic E-state index is 3.65. The van der Waals surface area contributed by atoms with Gasteiger partial charge in [0.15, 0.2) is 0 Å². The molecule has 1 aliphatic carbocycles. The van der Waals surface area contributed by atoms with E-state index in [9.17, 15) is 0 Å². The third-order valence-electron chi connectivity index (χ3n) is 3.99. The van der Waals surface area contributed by atoms with Crippen LogP contribution in [-0.4, -0.2) is 18.1 Å². The number of fused-ring (bicyclic) bond motifs is 1. The summed E-state index contributed by atoms with van der Waals surface area (Å²) in [4.78, 5) is 0. The normalized spacial score (nSPS) is 16.1. The molecular formula is C17H27NS. The van der Waals surface area contributed by atoms with Crippen LogP contribution >= 0.6 is 11.8 Å². The standard InChI is InChI=1S/C17H27NS/c1-3-19-12-6-11-18-14(2)16-10-9-15-7-4-5-8-17(15)13-16/h9-10,13-14,18H,3-8,11-12H2,1-2H3. The van der Waals surface area contributed by atoms with Crippen molar-refractivity contribution >= 4 is 11.8 Å². The highest BCUT2D eigenvalue weighted by molar-refractivity contribution is 7.99. The van der Waals surface area contributed by atoms with E-state index in [1.165, 1.54) is 49.2 Å². The zero-order valence-electron chi connectivity index (χ0n) is 12.4. The molecule has 0 aliphatic heterocycles. The molecule has 0 saturated carbocycles. The van der Waals surface area contributed by atoms with Crippen molar-refractivity contribution in [2.45, 2.75) is 52.0 Å². The molecule has 1 N–H and O–H groups in total. The smallest absolute Gasteiger partial charge is 0.0291 e. The minimum Gasteiger partial charge on any atom is -0.310 e. The summed E-state index contributed by atoms with van der Waals surface area (Å²) in [7, 11) is 0. The highest BCUT2D eigenvalue weighted by Crippen LogP contribution is 2.24. The average Bonchev–Trinajstić information content (AvgIpc) is 2.46. The molecule has 0 fully saturated rings. The summed E-state index contributed by atoms with van der Waals surface area (Å²) in [5, 5.41) is 3.65. The average molecular weight is 277 g/mol. The van der Waals surface area contributed by atoms with E-state index in [0.717, 1.165) is 6.54 Å². The number of hydrogen-bond acceptors (Lipinski definition) is 2. The summed E-state index contributed by atoms with van der Waals surface area (Å²) in [6.07, 6.45) is 6.57. The van der Waals surface area contributed by atoms with Crippen LogP contribution in [0.4, 0.5) is 0 Å². The van der Waals surface area contributed by atoms with Crippen LogP contribution in [-0.2, 0) is 12.8 Å². The third-order valence-corrected chi connectivity index (χ3v) is 4.98. The van der Waals surface area contributed by atoms with Gasteiger partial charge in [-0.2, -0.15) is 11.8 Å². The van der Waals surface area contributed by atoms with Crippen molar-refractivity contribution in [1.82, 2.24) is 5.32 Å². The van der Waals surface area contributed by atoms with Gasteiger partial charge in [0.25, 0.3) is 0 Å². The second kappa shape index (κ2) is 7.96. The summed E-state index contributed by atoms with van der Waals surface area (Å²) >= 11 is 2.03. The van der Waals surface area contributed by atoms with Crippen molar-refractivity contribution in [2.75, 3.05) is 18.1 Å². The first-order valence-corrected chi connectivity index (χ1v) is 8.89. The number of hydrogen-bond donors (Lipinski definition) is 1. The number of aryl methyl sites for hydroxylation is 2. The van der Waals surface area contributed by atoms with Crippen LogP contribution in [0.1, 0.15) is 55.8 Å². The lowest BCUT2D eigenvalue weighted by atomic mass is 9.89. The molecule has 0 spiro atoms. The number of nitrogens with one attached hydrogen (secondary N) is 1. The Morgan fingerprint density at radius 2 is 2.00 bits per heavy atom. The summed E-state index contributed by atoms with van der Waals surface area (Å²) < 4.78 is 0. The Morgan fingerprint density at radius 3 is 2.79 bits per heavy atom. The first-order valence-electron chi connectivity index (χ1n) is 7.74. The number of thioether (sulfide) groups is 1. The zero-order valence-corrected chi connectivity index (χ0v) is 13.2. The molecule has 0 saturated heterocycles. The van der Waals surface area contributed by atoms with E-state index in [0.29, 0.717) is 6.04 Å². The maximum Gasteiger partial charge on any atom is 0.0291 e. The fourth-order valence-electron chi connectivity index (χ4n) is 2.78. The Labute approximate surface area is 122 Å². The van der Waals surface area contributed by atoms with Crippen LogP contribution in [0.5, 0.6) is 0 Å². The Bertz CT molecular complexity index is 389. The molecule has 106 valence electrons. The van der Waals surface area contributed by atoms with Gasteiger partial charge in [-0.15, -0.1) is 0 Å². The summed E-state index contributed by atoms with van der Waals surface area (Å²) in [5.74, 6) is 2.51. The van der Waals surface area contributed by atoms with Crippen LogP contribution in [0, 0.1) is 0 Å². The summed E-state index contributed by atoms with van der Waals surface area (Å²) in [6.45, 7) is 5.65. The van der Waals surface area contributed by atoms with Crippen molar-refractivity contribution in [1.29, 1.82) is 0 Å². The van der Waals surface area contributed by atoms with E-state index in [-0.39, 0.29) is 0 Å². The van der Waals surface area contributed by atoms with Gasteiger partial charge in [0.05, 0.1) is 0 Å². The van der Waals surface area contributed by atoms with E-state index in [4.69, 9.17) is 0 Å². The van der Waals surface area contributed by atoms with Crippen LogP contribution in [0.15, 0.2) is 18.2 Å². The molecule has 1 nitrogen and oxygen atoms in total. The Kier molecular flexibility index (Phi) is 6.25. The van der Waals surface area contributed by atoms with Crippen LogP contribution in [0.3, 0.4) is 0 Å². The molecular weight excluding hydrogens is 250 g/mol. The molecule has 1 aromatic rings. The van der Waals surface area contributed by atoms with E-state index in [1.54, 1.807) is 11.1 Å². The Balaban J connectivity index is 1.83. The van der Waals surface area contributed by atoms with Crippen molar-refractivity contribution in [3.05, 3.63) is 34.9 Å². The highest BCUT2D eigenvalue weighted by Gasteiger charge is 2.11. The first kappa shape index (κ1) is 14.9. The largest absolute Gasteiger partial charge is 0.310 e. The molecule has 0 heterocycles. The van der Waals surface area contributed by atoms with E-state index in [2.05, 4.69) is 37.4 Å². The molecule has 1 unspecified atom stereocenters.